The molecule has 1 aliphatic rings. The van der Waals surface area contributed by atoms with Crippen LogP contribution in [0.15, 0.2) is 12.7 Å². The molecule has 0 aromatic carbocycles. The summed E-state index contributed by atoms with van der Waals surface area (Å²) in [6.45, 7) is 8.97. The summed E-state index contributed by atoms with van der Waals surface area (Å²) in [6.07, 6.45) is 2.45. The van der Waals surface area contributed by atoms with Crippen LogP contribution in [0.2, 0.25) is 0 Å². The van der Waals surface area contributed by atoms with Crippen molar-refractivity contribution in [2.24, 2.45) is 5.92 Å². The number of rotatable bonds is 3. The molecule has 1 rings (SSSR count). The Bertz CT molecular complexity index is 324. The van der Waals surface area contributed by atoms with E-state index in [9.17, 15) is 9.59 Å². The summed E-state index contributed by atoms with van der Waals surface area (Å²) in [7, 11) is 1.72. The molecular weight excluding hydrogens is 218 g/mol. The zero-order chi connectivity index (χ0) is 13.2. The number of hydrogen-bond donors (Lipinski definition) is 0. The van der Waals surface area contributed by atoms with Crippen LogP contribution in [0.4, 0.5) is 4.79 Å². The fraction of sp³-hybridized carbons (Fsp3) is 0.692. The van der Waals surface area contributed by atoms with E-state index in [2.05, 4.69) is 6.58 Å². The van der Waals surface area contributed by atoms with E-state index in [0.717, 1.165) is 0 Å². The summed E-state index contributed by atoms with van der Waals surface area (Å²) < 4.78 is 5.26. The first-order valence-electron chi connectivity index (χ1n) is 5.86. The smallest absolute Gasteiger partial charge is 0.410 e. The highest BCUT2D eigenvalue weighted by molar-refractivity contribution is 5.92. The van der Waals surface area contributed by atoms with Crippen LogP contribution in [-0.4, -0.2) is 35.5 Å². The molecule has 0 heterocycles. The van der Waals surface area contributed by atoms with Gasteiger partial charge in [-0.25, -0.2) is 4.79 Å². The molecule has 0 aromatic heterocycles. The van der Waals surface area contributed by atoms with Gasteiger partial charge in [0.15, 0.2) is 5.78 Å². The van der Waals surface area contributed by atoms with Crippen LogP contribution in [-0.2, 0) is 9.53 Å². The first-order chi connectivity index (χ1) is 7.74. The maximum absolute atomic E-state index is 11.7. The standard InChI is InChI=1S/C13H21NO3/c1-6-11(15)9-7-10(8-9)14(5)12(16)17-13(2,3)4/h6,9-10H,1,7-8H2,2-5H3. The maximum atomic E-state index is 11.7. The Kier molecular flexibility index (Phi) is 3.96. The van der Waals surface area contributed by atoms with Gasteiger partial charge in [0.05, 0.1) is 0 Å². The molecule has 0 radical (unpaired) electrons. The molecule has 0 unspecified atom stereocenters. The Hall–Kier alpha value is -1.32. The molecule has 1 fully saturated rings. The van der Waals surface area contributed by atoms with Gasteiger partial charge < -0.3 is 9.64 Å². The fourth-order valence-corrected chi connectivity index (χ4v) is 1.79. The van der Waals surface area contributed by atoms with E-state index in [1.54, 1.807) is 11.9 Å². The number of ether oxygens (including phenoxy) is 1. The van der Waals surface area contributed by atoms with E-state index in [4.69, 9.17) is 4.74 Å². The number of hydrogen-bond acceptors (Lipinski definition) is 3. The molecule has 4 nitrogen and oxygen atoms in total. The maximum Gasteiger partial charge on any atom is 0.410 e. The molecule has 1 aliphatic carbocycles. The van der Waals surface area contributed by atoms with E-state index in [1.807, 2.05) is 20.8 Å². The minimum absolute atomic E-state index is 0.0300. The van der Waals surface area contributed by atoms with E-state index in [1.165, 1.54) is 6.08 Å². The van der Waals surface area contributed by atoms with Crippen LogP contribution < -0.4 is 0 Å². The predicted octanol–water partition coefficient (Wildman–Crippen LogP) is 2.39. The highest BCUT2D eigenvalue weighted by atomic mass is 16.6. The van der Waals surface area contributed by atoms with Crippen molar-refractivity contribution in [1.82, 2.24) is 4.90 Å². The third-order valence-electron chi connectivity index (χ3n) is 2.95. The van der Waals surface area contributed by atoms with Gasteiger partial charge in [-0.2, -0.15) is 0 Å². The quantitative estimate of drug-likeness (QED) is 0.710. The summed E-state index contributed by atoms with van der Waals surface area (Å²) in [4.78, 5) is 24.6. The van der Waals surface area contributed by atoms with Gasteiger partial charge >= 0.3 is 6.09 Å². The van der Waals surface area contributed by atoms with Crippen molar-refractivity contribution in [3.63, 3.8) is 0 Å². The van der Waals surface area contributed by atoms with Gasteiger partial charge in [-0.15, -0.1) is 0 Å². The van der Waals surface area contributed by atoms with Crippen LogP contribution >= 0.6 is 0 Å². The SMILES string of the molecule is C=CC(=O)C1CC(N(C)C(=O)OC(C)(C)C)C1. The van der Waals surface area contributed by atoms with Gasteiger partial charge in [0.25, 0.3) is 0 Å². The van der Waals surface area contributed by atoms with E-state index in [0.29, 0.717) is 12.8 Å². The molecule has 0 N–H and O–H groups in total. The van der Waals surface area contributed by atoms with Crippen molar-refractivity contribution in [3.05, 3.63) is 12.7 Å². The highest BCUT2D eigenvalue weighted by Gasteiger charge is 2.38. The molecule has 0 saturated heterocycles. The summed E-state index contributed by atoms with van der Waals surface area (Å²) in [5.41, 5.74) is -0.481. The van der Waals surface area contributed by atoms with Crippen LogP contribution in [0.25, 0.3) is 0 Å². The number of carbonyl (C=O) groups is 2. The van der Waals surface area contributed by atoms with Crippen molar-refractivity contribution in [2.45, 2.75) is 45.3 Å². The summed E-state index contributed by atoms with van der Waals surface area (Å²) in [6, 6.07) is 0.110. The molecule has 1 amide bonds. The van der Waals surface area contributed by atoms with Crippen molar-refractivity contribution >= 4 is 11.9 Å². The molecular formula is C13H21NO3. The zero-order valence-electron chi connectivity index (χ0n) is 11.0. The van der Waals surface area contributed by atoms with Crippen LogP contribution in [0.5, 0.6) is 0 Å². The molecule has 4 heteroatoms. The second-order valence-electron chi connectivity index (χ2n) is 5.52. The van der Waals surface area contributed by atoms with E-state index in [-0.39, 0.29) is 23.8 Å². The molecule has 0 aliphatic heterocycles. The van der Waals surface area contributed by atoms with Crippen molar-refractivity contribution in [3.8, 4) is 0 Å². The third-order valence-corrected chi connectivity index (χ3v) is 2.95. The summed E-state index contributed by atoms with van der Waals surface area (Å²) in [5.74, 6) is 0.0984. The number of ketones is 1. The van der Waals surface area contributed by atoms with Gasteiger partial charge in [-0.05, 0) is 39.7 Å². The minimum atomic E-state index is -0.481. The first-order valence-corrected chi connectivity index (χ1v) is 5.86. The van der Waals surface area contributed by atoms with Crippen LogP contribution in [0.3, 0.4) is 0 Å². The summed E-state index contributed by atoms with van der Waals surface area (Å²) in [5, 5.41) is 0. The van der Waals surface area contributed by atoms with Crippen molar-refractivity contribution in [1.29, 1.82) is 0 Å². The van der Waals surface area contributed by atoms with Gasteiger partial charge in [0.2, 0.25) is 0 Å². The van der Waals surface area contributed by atoms with Gasteiger partial charge in [-0.3, -0.25) is 4.79 Å². The van der Waals surface area contributed by atoms with Crippen LogP contribution in [0, 0.1) is 5.92 Å². The molecule has 96 valence electrons. The topological polar surface area (TPSA) is 46.6 Å². The van der Waals surface area contributed by atoms with Gasteiger partial charge in [0, 0.05) is 19.0 Å². The second kappa shape index (κ2) is 4.90. The molecule has 0 bridgehead atoms. The van der Waals surface area contributed by atoms with Crippen molar-refractivity contribution in [2.75, 3.05) is 7.05 Å². The Balaban J connectivity index is 2.41. The van der Waals surface area contributed by atoms with Gasteiger partial charge in [0.1, 0.15) is 5.60 Å². The monoisotopic (exact) mass is 239 g/mol. The Labute approximate surface area is 103 Å². The normalized spacial score (nSPS) is 23.5. The van der Waals surface area contributed by atoms with E-state index >= 15 is 0 Å². The third kappa shape index (κ3) is 3.58. The lowest BCUT2D eigenvalue weighted by molar-refractivity contribution is -0.122. The predicted molar refractivity (Wildman–Crippen MR) is 65.7 cm³/mol. The molecule has 1 saturated carbocycles. The second-order valence-corrected chi connectivity index (χ2v) is 5.52. The number of amides is 1. The highest BCUT2D eigenvalue weighted by Crippen LogP contribution is 2.32. The lowest BCUT2D eigenvalue weighted by Crippen LogP contribution is -2.48. The molecule has 0 aromatic rings. The lowest BCUT2D eigenvalue weighted by Gasteiger charge is -2.40. The lowest BCUT2D eigenvalue weighted by atomic mass is 9.77. The van der Waals surface area contributed by atoms with Crippen LogP contribution in [0.1, 0.15) is 33.6 Å². The molecule has 17 heavy (non-hydrogen) atoms. The average Bonchev–Trinajstić information content (AvgIpc) is 2.12. The van der Waals surface area contributed by atoms with E-state index < -0.39 is 5.60 Å². The molecule has 0 atom stereocenters. The Morgan fingerprint density at radius 3 is 2.29 bits per heavy atom. The van der Waals surface area contributed by atoms with Gasteiger partial charge in [-0.1, -0.05) is 6.58 Å². The van der Waals surface area contributed by atoms with Crippen molar-refractivity contribution < 1.29 is 14.3 Å². The minimum Gasteiger partial charge on any atom is -0.444 e. The average molecular weight is 239 g/mol. The Morgan fingerprint density at radius 1 is 1.35 bits per heavy atom. The number of nitrogens with zero attached hydrogens (tertiary/aromatic N) is 1. The molecule has 0 spiro atoms. The fourth-order valence-electron chi connectivity index (χ4n) is 1.79. The number of carbonyl (C=O) groups excluding carboxylic acids is 2. The zero-order valence-corrected chi connectivity index (χ0v) is 11.0. The summed E-state index contributed by atoms with van der Waals surface area (Å²) >= 11 is 0. The first kappa shape index (κ1) is 13.7. The number of allylic oxidation sites excluding steroid dienone is 1. The Morgan fingerprint density at radius 2 is 1.88 bits per heavy atom. The largest absolute Gasteiger partial charge is 0.444 e.